The largest absolute Gasteiger partial charge is 0.461 e. The molecule has 0 saturated heterocycles. The lowest BCUT2D eigenvalue weighted by molar-refractivity contribution is -0.142. The second-order valence-electron chi connectivity index (χ2n) is 5.68. The van der Waals surface area contributed by atoms with Crippen LogP contribution in [0.2, 0.25) is 0 Å². The topological polar surface area (TPSA) is 63.0 Å². The lowest BCUT2D eigenvalue weighted by Crippen LogP contribution is -2.08. The summed E-state index contributed by atoms with van der Waals surface area (Å²) >= 11 is 1.55. The second kappa shape index (κ2) is 7.29. The molecule has 0 unspecified atom stereocenters. The third kappa shape index (κ3) is 3.64. The molecule has 0 aliphatic heterocycles. The number of nitrogens with zero attached hydrogens (tertiary/aromatic N) is 2. The van der Waals surface area contributed by atoms with E-state index in [1.54, 1.807) is 23.5 Å². The predicted octanol–water partition coefficient (Wildman–Crippen LogP) is 3.75. The van der Waals surface area contributed by atoms with E-state index in [1.165, 1.54) is 26.2 Å². The van der Waals surface area contributed by atoms with Crippen molar-refractivity contribution in [3.63, 3.8) is 0 Å². The zero-order valence-corrected chi connectivity index (χ0v) is 14.2. The van der Waals surface area contributed by atoms with Gasteiger partial charge in [0.25, 0.3) is 0 Å². The molecule has 5 heteroatoms. The molecule has 120 valence electrons. The van der Waals surface area contributed by atoms with Crippen LogP contribution in [-0.4, -0.2) is 11.0 Å². The van der Waals surface area contributed by atoms with Crippen molar-refractivity contribution in [1.29, 1.82) is 5.26 Å². The quantitative estimate of drug-likeness (QED) is 0.632. The number of thiazole rings is 1. The maximum Gasteiger partial charge on any atom is 0.302 e. The van der Waals surface area contributed by atoms with Gasteiger partial charge in [0.2, 0.25) is 0 Å². The summed E-state index contributed by atoms with van der Waals surface area (Å²) in [6.45, 7) is 1.40. The van der Waals surface area contributed by atoms with Crippen LogP contribution in [0.5, 0.6) is 0 Å². The normalized spacial score (nSPS) is 13.3. The first-order chi connectivity index (χ1) is 11.7. The maximum absolute atomic E-state index is 11.1. The van der Waals surface area contributed by atoms with Crippen LogP contribution in [0.25, 0.3) is 0 Å². The molecule has 24 heavy (non-hydrogen) atoms. The van der Waals surface area contributed by atoms with Crippen molar-refractivity contribution in [2.24, 2.45) is 0 Å². The number of benzene rings is 1. The number of carbonyl (C=O) groups excluding carboxylic acids is 1. The Morgan fingerprint density at radius 2 is 2.17 bits per heavy atom. The molecular formula is C19H16N2O2S. The van der Waals surface area contributed by atoms with E-state index in [1.807, 2.05) is 6.07 Å². The highest BCUT2D eigenvalue weighted by Gasteiger charge is 2.21. The number of carbonyl (C=O) groups is 1. The number of rotatable bonds is 3. The molecule has 1 aliphatic carbocycles. The van der Waals surface area contributed by atoms with Gasteiger partial charge in [0.1, 0.15) is 6.61 Å². The van der Waals surface area contributed by atoms with Crippen molar-refractivity contribution >= 4 is 17.3 Å². The molecule has 0 amide bonds. The highest BCUT2D eigenvalue weighted by atomic mass is 32.1. The van der Waals surface area contributed by atoms with Gasteiger partial charge >= 0.3 is 5.97 Å². The van der Waals surface area contributed by atoms with Crippen LogP contribution in [0.1, 0.15) is 59.5 Å². The van der Waals surface area contributed by atoms with E-state index >= 15 is 0 Å². The second-order valence-corrected chi connectivity index (χ2v) is 6.54. The lowest BCUT2D eigenvalue weighted by Gasteiger charge is -2.22. The van der Waals surface area contributed by atoms with Gasteiger partial charge in [-0.3, -0.25) is 4.79 Å². The van der Waals surface area contributed by atoms with Crippen molar-refractivity contribution in [2.45, 2.75) is 38.7 Å². The van der Waals surface area contributed by atoms with Crippen LogP contribution < -0.4 is 0 Å². The van der Waals surface area contributed by atoms with E-state index in [4.69, 9.17) is 4.74 Å². The zero-order valence-electron chi connectivity index (χ0n) is 13.3. The third-order valence-corrected chi connectivity index (χ3v) is 4.84. The minimum atomic E-state index is -0.383. The monoisotopic (exact) mass is 336 g/mol. The number of hydrogen-bond acceptors (Lipinski definition) is 5. The van der Waals surface area contributed by atoms with Crippen LogP contribution in [0, 0.1) is 23.2 Å². The average Bonchev–Trinajstić information content (AvgIpc) is 2.97. The fraction of sp³-hybridized carbons (Fsp3) is 0.316. The molecule has 1 aliphatic rings. The summed E-state index contributed by atoms with van der Waals surface area (Å²) in [6, 6.07) is 7.42. The molecule has 0 atom stereocenters. The van der Waals surface area contributed by atoms with Crippen molar-refractivity contribution in [3.05, 3.63) is 51.0 Å². The number of nitriles is 1. The molecule has 0 N–H and O–H groups in total. The van der Waals surface area contributed by atoms with E-state index in [0.29, 0.717) is 22.6 Å². The van der Waals surface area contributed by atoms with Gasteiger partial charge in [0.15, 0.2) is 5.01 Å². The molecule has 0 spiro atoms. The smallest absolute Gasteiger partial charge is 0.302 e. The summed E-state index contributed by atoms with van der Waals surface area (Å²) in [6.07, 6.45) is 3.71. The van der Waals surface area contributed by atoms with Crippen LogP contribution in [-0.2, 0) is 16.1 Å². The highest BCUT2D eigenvalue weighted by molar-refractivity contribution is 7.10. The van der Waals surface area contributed by atoms with Crippen molar-refractivity contribution < 1.29 is 9.53 Å². The fourth-order valence-electron chi connectivity index (χ4n) is 2.49. The number of ether oxygens (including phenoxy) is 1. The molecule has 3 rings (SSSR count). The zero-order chi connectivity index (χ0) is 16.9. The summed E-state index contributed by atoms with van der Waals surface area (Å²) in [5, 5.41) is 12.1. The van der Waals surface area contributed by atoms with Gasteiger partial charge in [-0.1, -0.05) is 18.4 Å². The van der Waals surface area contributed by atoms with Gasteiger partial charge in [-0.2, -0.15) is 5.26 Å². The molecule has 0 radical (unpaired) electrons. The number of esters is 1. The molecule has 1 fully saturated rings. The summed E-state index contributed by atoms with van der Waals surface area (Å²) in [7, 11) is 0. The summed E-state index contributed by atoms with van der Waals surface area (Å²) in [5.74, 6) is 6.36. The van der Waals surface area contributed by atoms with Crippen LogP contribution in [0.4, 0.5) is 0 Å². The van der Waals surface area contributed by atoms with E-state index in [2.05, 4.69) is 28.3 Å². The Labute approximate surface area is 145 Å². The summed E-state index contributed by atoms with van der Waals surface area (Å²) in [5.41, 5.74) is 2.94. The summed E-state index contributed by atoms with van der Waals surface area (Å²) in [4.78, 5) is 15.6. The summed E-state index contributed by atoms with van der Waals surface area (Å²) < 4.78 is 5.05. The Kier molecular flexibility index (Phi) is 4.93. The Balaban J connectivity index is 1.85. The first kappa shape index (κ1) is 16.2. The van der Waals surface area contributed by atoms with Gasteiger partial charge in [-0.05, 0) is 30.9 Å². The molecule has 1 aromatic heterocycles. The predicted molar refractivity (Wildman–Crippen MR) is 91.3 cm³/mol. The van der Waals surface area contributed by atoms with Gasteiger partial charge in [-0.25, -0.2) is 4.98 Å². The molecule has 1 saturated carbocycles. The van der Waals surface area contributed by atoms with E-state index in [0.717, 1.165) is 10.7 Å². The number of hydrogen-bond donors (Lipinski definition) is 0. The van der Waals surface area contributed by atoms with Gasteiger partial charge < -0.3 is 4.74 Å². The van der Waals surface area contributed by atoms with E-state index in [9.17, 15) is 10.1 Å². The minimum absolute atomic E-state index is 0.0499. The average molecular weight is 336 g/mol. The Bertz CT molecular complexity index is 863. The maximum atomic E-state index is 11.1. The standard InChI is InChI=1S/C19H16N2O2S/c1-13(22)23-11-17-14(4-2-7-16(17)10-20)8-9-19-21-18(12-24-19)15-5-3-6-15/h2,4,7,12,15H,3,5-6,11H2,1H3. The first-order valence-electron chi connectivity index (χ1n) is 7.80. The number of aromatic nitrogens is 1. The molecule has 1 aromatic carbocycles. The van der Waals surface area contributed by atoms with Crippen molar-refractivity contribution in [2.75, 3.05) is 0 Å². The molecule has 0 bridgehead atoms. The van der Waals surface area contributed by atoms with Gasteiger partial charge in [-0.15, -0.1) is 11.3 Å². The van der Waals surface area contributed by atoms with Crippen LogP contribution >= 0.6 is 11.3 Å². The third-order valence-electron chi connectivity index (χ3n) is 4.07. The van der Waals surface area contributed by atoms with E-state index in [-0.39, 0.29) is 12.6 Å². The Morgan fingerprint density at radius 3 is 2.83 bits per heavy atom. The molecule has 1 heterocycles. The first-order valence-corrected chi connectivity index (χ1v) is 8.68. The molecule has 4 nitrogen and oxygen atoms in total. The van der Waals surface area contributed by atoms with Gasteiger partial charge in [0.05, 0.1) is 17.3 Å². The van der Waals surface area contributed by atoms with Crippen molar-refractivity contribution in [1.82, 2.24) is 4.98 Å². The SMILES string of the molecule is CC(=O)OCc1c(C#N)cccc1C#Cc1nc(C2CCC2)cs1. The molecule has 2 aromatic rings. The Hall–Kier alpha value is -2.63. The van der Waals surface area contributed by atoms with Crippen LogP contribution in [0.15, 0.2) is 23.6 Å². The molecular weight excluding hydrogens is 320 g/mol. The minimum Gasteiger partial charge on any atom is -0.461 e. The van der Waals surface area contributed by atoms with Gasteiger partial charge in [0, 0.05) is 29.3 Å². The lowest BCUT2D eigenvalue weighted by atomic mass is 9.83. The van der Waals surface area contributed by atoms with E-state index < -0.39 is 0 Å². The van der Waals surface area contributed by atoms with Crippen molar-refractivity contribution in [3.8, 4) is 17.9 Å². The van der Waals surface area contributed by atoms with Crippen LogP contribution in [0.3, 0.4) is 0 Å². The fourth-order valence-corrected chi connectivity index (χ4v) is 3.24. The Morgan fingerprint density at radius 1 is 1.38 bits per heavy atom. The highest BCUT2D eigenvalue weighted by Crippen LogP contribution is 2.36.